The summed E-state index contributed by atoms with van der Waals surface area (Å²) < 4.78 is 101. The summed E-state index contributed by atoms with van der Waals surface area (Å²) in [6, 6.07) is 15.9. The van der Waals surface area contributed by atoms with E-state index in [9.17, 15) is 40.3 Å². The van der Waals surface area contributed by atoms with Crippen molar-refractivity contribution in [3.63, 3.8) is 0 Å². The third kappa shape index (κ3) is 7.90. The van der Waals surface area contributed by atoms with Crippen LogP contribution in [0.5, 0.6) is 5.75 Å². The van der Waals surface area contributed by atoms with E-state index in [1.807, 2.05) is 4.90 Å². The minimum Gasteiger partial charge on any atom is -0.406 e. The molecule has 1 atom stereocenters. The number of aromatic nitrogens is 2. The average molecular weight is 680 g/mol. The fraction of sp³-hybridized carbons (Fsp3) is 0.333. The molecular weight excluding hydrogens is 647 g/mol. The molecule has 2 N–H and O–H groups in total. The van der Waals surface area contributed by atoms with Gasteiger partial charge in [-0.15, -0.1) is 13.2 Å². The molecule has 1 unspecified atom stereocenters. The number of hydrogen-bond acceptors (Lipinski definition) is 6. The monoisotopic (exact) mass is 679 g/mol. The van der Waals surface area contributed by atoms with E-state index >= 15 is 0 Å². The Balaban J connectivity index is 1.48. The molecule has 15 heteroatoms. The van der Waals surface area contributed by atoms with Crippen molar-refractivity contribution in [2.45, 2.75) is 45.1 Å². The van der Waals surface area contributed by atoms with E-state index in [-0.39, 0.29) is 43.3 Å². The Hall–Kier alpha value is -4.63. The number of nitrogens with two attached hydrogens (primary N) is 1. The number of alkyl halides is 6. The van der Waals surface area contributed by atoms with Crippen LogP contribution in [0.2, 0.25) is 0 Å². The molecule has 48 heavy (non-hydrogen) atoms. The van der Waals surface area contributed by atoms with E-state index in [4.69, 9.17) is 5.73 Å². The number of anilines is 1. The van der Waals surface area contributed by atoms with Crippen molar-refractivity contribution in [1.29, 1.82) is 0 Å². The van der Waals surface area contributed by atoms with Gasteiger partial charge < -0.3 is 15.4 Å². The van der Waals surface area contributed by atoms with Gasteiger partial charge in [0.2, 0.25) is 0 Å². The van der Waals surface area contributed by atoms with E-state index in [0.717, 1.165) is 27.3 Å². The summed E-state index contributed by atoms with van der Waals surface area (Å²) in [6.45, 7) is 1.81. The van der Waals surface area contributed by atoms with Gasteiger partial charge in [0, 0.05) is 50.0 Å². The number of piperazine rings is 1. The third-order valence-corrected chi connectivity index (χ3v) is 8.23. The summed E-state index contributed by atoms with van der Waals surface area (Å²) in [5.41, 5.74) is 4.02. The molecule has 3 aromatic carbocycles. The molecule has 1 aliphatic heterocycles. The van der Waals surface area contributed by atoms with Crippen LogP contribution in [-0.2, 0) is 25.8 Å². The Labute approximate surface area is 270 Å². The number of hydrogen-bond donors (Lipinski definition) is 1. The molecule has 0 spiro atoms. The van der Waals surface area contributed by atoms with Crippen LogP contribution >= 0.6 is 0 Å². The van der Waals surface area contributed by atoms with Crippen molar-refractivity contribution in [2.24, 2.45) is 5.73 Å². The molecule has 1 fully saturated rings. The van der Waals surface area contributed by atoms with E-state index in [0.29, 0.717) is 24.2 Å². The van der Waals surface area contributed by atoms with Crippen LogP contribution in [0.4, 0.5) is 36.4 Å². The van der Waals surface area contributed by atoms with Crippen molar-refractivity contribution in [3.05, 3.63) is 127 Å². The molecule has 2 heterocycles. The Kier molecular flexibility index (Phi) is 10.0. The highest BCUT2D eigenvalue weighted by Gasteiger charge is 2.35. The van der Waals surface area contributed by atoms with Gasteiger partial charge in [0.1, 0.15) is 17.3 Å². The van der Waals surface area contributed by atoms with Gasteiger partial charge in [0.25, 0.3) is 5.56 Å². The molecule has 0 amide bonds. The lowest BCUT2D eigenvalue weighted by Crippen LogP contribution is -2.51. The lowest BCUT2D eigenvalue weighted by Gasteiger charge is -2.37. The Bertz CT molecular complexity index is 1870. The Morgan fingerprint density at radius 2 is 1.50 bits per heavy atom. The zero-order chi connectivity index (χ0) is 34.8. The maximum atomic E-state index is 14.9. The van der Waals surface area contributed by atoms with Crippen molar-refractivity contribution in [1.82, 2.24) is 14.0 Å². The molecule has 5 rings (SSSR count). The summed E-state index contributed by atoms with van der Waals surface area (Å²) in [7, 11) is 0. The molecule has 1 saturated heterocycles. The smallest absolute Gasteiger partial charge is 0.406 e. The molecule has 0 saturated carbocycles. The largest absolute Gasteiger partial charge is 0.573 e. The van der Waals surface area contributed by atoms with Crippen molar-refractivity contribution in [2.75, 3.05) is 31.1 Å². The number of ether oxygens (including phenoxy) is 1. The van der Waals surface area contributed by atoms with Crippen molar-refractivity contribution >= 4 is 5.69 Å². The minimum atomic E-state index is -4.91. The predicted molar refractivity (Wildman–Crippen MR) is 164 cm³/mol. The molecule has 256 valence electrons. The summed E-state index contributed by atoms with van der Waals surface area (Å²) in [6.07, 6.45) is -9.74. The lowest BCUT2D eigenvalue weighted by molar-refractivity contribution is -0.274. The predicted octanol–water partition coefficient (Wildman–Crippen LogP) is 5.45. The zero-order valence-corrected chi connectivity index (χ0v) is 25.7. The zero-order valence-electron chi connectivity index (χ0n) is 25.7. The normalized spacial score (nSPS) is 15.1. The van der Waals surface area contributed by atoms with E-state index < -0.39 is 53.3 Å². The second-order valence-corrected chi connectivity index (χ2v) is 11.5. The van der Waals surface area contributed by atoms with Gasteiger partial charge >= 0.3 is 18.2 Å². The topological polar surface area (TPSA) is 85.7 Å². The van der Waals surface area contributed by atoms with Crippen molar-refractivity contribution in [3.8, 4) is 5.75 Å². The minimum absolute atomic E-state index is 0.0522. The standard InChI is InChI=1S/C33H32F7N5O3/c1-21-29(43-15-13-42(14-16-43)18-22-7-5-10-24(17-22)48-33(38,39)40)30(46)45(20-28(41)23-8-3-2-4-9-23)31(47)44(21)19-25-26(32(35,36)37)11-6-12-27(25)34/h2-12,17,28H,13-16,18-20,41H2,1H3. The van der Waals surface area contributed by atoms with Crippen LogP contribution in [0.3, 0.4) is 0 Å². The van der Waals surface area contributed by atoms with Crippen LogP contribution in [0.25, 0.3) is 0 Å². The number of nitrogens with zero attached hydrogens (tertiary/aromatic N) is 4. The Morgan fingerprint density at radius 3 is 2.15 bits per heavy atom. The van der Waals surface area contributed by atoms with Gasteiger partial charge in [-0.05, 0) is 42.3 Å². The van der Waals surface area contributed by atoms with Crippen LogP contribution in [-0.4, -0.2) is 46.6 Å². The Morgan fingerprint density at radius 1 is 0.833 bits per heavy atom. The van der Waals surface area contributed by atoms with Gasteiger partial charge in [0.15, 0.2) is 0 Å². The van der Waals surface area contributed by atoms with Crippen LogP contribution in [0, 0.1) is 12.7 Å². The molecule has 4 aromatic rings. The summed E-state index contributed by atoms with van der Waals surface area (Å²) in [5, 5.41) is 0. The molecule has 8 nitrogen and oxygen atoms in total. The lowest BCUT2D eigenvalue weighted by atomic mass is 10.1. The maximum Gasteiger partial charge on any atom is 0.573 e. The first-order valence-electron chi connectivity index (χ1n) is 14.9. The highest BCUT2D eigenvalue weighted by atomic mass is 19.4. The van der Waals surface area contributed by atoms with Gasteiger partial charge in [-0.25, -0.2) is 9.18 Å². The van der Waals surface area contributed by atoms with Crippen molar-refractivity contribution < 1.29 is 35.5 Å². The second-order valence-electron chi connectivity index (χ2n) is 11.5. The fourth-order valence-corrected chi connectivity index (χ4v) is 5.87. The number of benzene rings is 3. The van der Waals surface area contributed by atoms with Crippen LogP contribution in [0.15, 0.2) is 82.4 Å². The van der Waals surface area contributed by atoms with Gasteiger partial charge in [-0.2, -0.15) is 13.2 Å². The van der Waals surface area contributed by atoms with Crippen LogP contribution < -0.4 is 26.6 Å². The SMILES string of the molecule is Cc1c(N2CCN(Cc3cccc(OC(F)(F)F)c3)CC2)c(=O)n(CC(N)c2ccccc2)c(=O)n1Cc1c(F)cccc1C(F)(F)F. The maximum absolute atomic E-state index is 14.9. The summed E-state index contributed by atoms with van der Waals surface area (Å²) >= 11 is 0. The highest BCUT2D eigenvalue weighted by Crippen LogP contribution is 2.34. The molecule has 1 aliphatic rings. The van der Waals surface area contributed by atoms with E-state index in [1.54, 1.807) is 41.3 Å². The molecule has 1 aromatic heterocycles. The summed E-state index contributed by atoms with van der Waals surface area (Å²) in [5.74, 6) is -1.51. The highest BCUT2D eigenvalue weighted by molar-refractivity contribution is 5.50. The molecule has 0 bridgehead atoms. The first-order chi connectivity index (χ1) is 22.6. The molecule has 0 aliphatic carbocycles. The second kappa shape index (κ2) is 13.8. The quantitative estimate of drug-likeness (QED) is 0.237. The average Bonchev–Trinajstić information content (AvgIpc) is 3.02. The van der Waals surface area contributed by atoms with Gasteiger partial charge in [-0.1, -0.05) is 48.5 Å². The first-order valence-corrected chi connectivity index (χ1v) is 14.9. The first kappa shape index (κ1) is 34.7. The third-order valence-electron chi connectivity index (χ3n) is 8.23. The molecule has 0 radical (unpaired) electrons. The number of rotatable bonds is 9. The van der Waals surface area contributed by atoms with Crippen LogP contribution in [0.1, 0.15) is 34.0 Å². The number of halogens is 7. The van der Waals surface area contributed by atoms with E-state index in [1.165, 1.54) is 25.1 Å². The fourth-order valence-electron chi connectivity index (χ4n) is 5.87. The molecular formula is C33H32F7N5O3. The van der Waals surface area contributed by atoms with Gasteiger partial charge in [0.05, 0.1) is 18.7 Å². The van der Waals surface area contributed by atoms with Gasteiger partial charge in [-0.3, -0.25) is 18.8 Å². The van der Waals surface area contributed by atoms with E-state index in [2.05, 4.69) is 4.74 Å². The summed E-state index contributed by atoms with van der Waals surface area (Å²) in [4.78, 5) is 31.4.